The standard InChI is InChI=1S/C16H16ClN3O2/c1-10-9-11(2)19-16(18-10)20-15(22)8-7-14(21)12-3-5-13(17)6-4-12/h3-6,9H,7-8H2,1-2H3,(H,18,19,20,22). The van der Waals surface area contributed by atoms with Crippen LogP contribution in [0.15, 0.2) is 30.3 Å². The SMILES string of the molecule is Cc1cc(C)nc(NC(=O)CCC(=O)c2ccc(Cl)cc2)n1. The fourth-order valence-corrected chi connectivity index (χ4v) is 2.10. The van der Waals surface area contributed by atoms with Crippen molar-refractivity contribution in [3.8, 4) is 0 Å². The first-order valence-electron chi connectivity index (χ1n) is 6.85. The van der Waals surface area contributed by atoms with E-state index in [4.69, 9.17) is 11.6 Å². The van der Waals surface area contributed by atoms with Crippen LogP contribution in [0, 0.1) is 13.8 Å². The van der Waals surface area contributed by atoms with Crippen molar-refractivity contribution in [3.05, 3.63) is 52.3 Å². The minimum atomic E-state index is -0.285. The van der Waals surface area contributed by atoms with Crippen molar-refractivity contribution in [2.75, 3.05) is 5.32 Å². The maximum Gasteiger partial charge on any atom is 0.229 e. The number of hydrogen-bond donors (Lipinski definition) is 1. The van der Waals surface area contributed by atoms with Crippen LogP contribution >= 0.6 is 11.6 Å². The number of halogens is 1. The fraction of sp³-hybridized carbons (Fsp3) is 0.250. The minimum Gasteiger partial charge on any atom is -0.295 e. The number of nitrogens with zero attached hydrogens (tertiary/aromatic N) is 2. The quantitative estimate of drug-likeness (QED) is 0.858. The molecule has 2 aromatic rings. The lowest BCUT2D eigenvalue weighted by atomic mass is 10.1. The topological polar surface area (TPSA) is 72.0 Å². The summed E-state index contributed by atoms with van der Waals surface area (Å²) < 4.78 is 0. The van der Waals surface area contributed by atoms with E-state index in [1.165, 1.54) is 0 Å². The van der Waals surface area contributed by atoms with Crippen LogP contribution in [0.3, 0.4) is 0 Å². The summed E-state index contributed by atoms with van der Waals surface area (Å²) in [7, 11) is 0. The molecular formula is C16H16ClN3O2. The lowest BCUT2D eigenvalue weighted by molar-refractivity contribution is -0.116. The van der Waals surface area contributed by atoms with Crippen LogP contribution < -0.4 is 5.32 Å². The van der Waals surface area contributed by atoms with Gasteiger partial charge in [-0.3, -0.25) is 14.9 Å². The molecule has 0 bridgehead atoms. The molecule has 0 aliphatic heterocycles. The number of hydrogen-bond acceptors (Lipinski definition) is 4. The predicted octanol–water partition coefficient (Wildman–Crippen LogP) is 3.35. The molecule has 6 heteroatoms. The van der Waals surface area contributed by atoms with E-state index in [9.17, 15) is 9.59 Å². The Labute approximate surface area is 133 Å². The molecule has 1 aromatic carbocycles. The van der Waals surface area contributed by atoms with E-state index in [-0.39, 0.29) is 30.5 Å². The molecule has 5 nitrogen and oxygen atoms in total. The Morgan fingerprint density at radius 2 is 1.64 bits per heavy atom. The number of carbonyl (C=O) groups excluding carboxylic acids is 2. The molecule has 114 valence electrons. The van der Waals surface area contributed by atoms with Gasteiger partial charge in [0.05, 0.1) is 0 Å². The second-order valence-corrected chi connectivity index (χ2v) is 5.39. The van der Waals surface area contributed by atoms with E-state index in [1.54, 1.807) is 24.3 Å². The number of carbonyl (C=O) groups is 2. The van der Waals surface area contributed by atoms with Gasteiger partial charge in [0, 0.05) is 34.8 Å². The summed E-state index contributed by atoms with van der Waals surface area (Å²) in [5, 5.41) is 3.18. The van der Waals surface area contributed by atoms with E-state index in [0.29, 0.717) is 10.6 Å². The summed E-state index contributed by atoms with van der Waals surface area (Å²) in [6.07, 6.45) is 0.204. The first-order chi connectivity index (χ1) is 10.4. The summed E-state index contributed by atoms with van der Waals surface area (Å²) in [6.45, 7) is 3.66. The van der Waals surface area contributed by atoms with Crippen LogP contribution in [0.25, 0.3) is 0 Å². The first-order valence-corrected chi connectivity index (χ1v) is 7.23. The van der Waals surface area contributed by atoms with Crippen molar-refractivity contribution in [1.82, 2.24) is 9.97 Å². The van der Waals surface area contributed by atoms with Gasteiger partial charge in [0.25, 0.3) is 0 Å². The molecule has 1 amide bonds. The molecule has 0 spiro atoms. The predicted molar refractivity (Wildman–Crippen MR) is 85.2 cm³/mol. The molecule has 0 radical (unpaired) electrons. The van der Waals surface area contributed by atoms with Gasteiger partial charge in [-0.15, -0.1) is 0 Å². The summed E-state index contributed by atoms with van der Waals surface area (Å²) in [6, 6.07) is 8.42. The number of benzene rings is 1. The van der Waals surface area contributed by atoms with Gasteiger partial charge in [0.2, 0.25) is 11.9 Å². The van der Waals surface area contributed by atoms with Crippen molar-refractivity contribution in [1.29, 1.82) is 0 Å². The lowest BCUT2D eigenvalue weighted by Crippen LogP contribution is -2.16. The zero-order valence-electron chi connectivity index (χ0n) is 12.4. The number of anilines is 1. The Morgan fingerprint density at radius 3 is 2.23 bits per heavy atom. The van der Waals surface area contributed by atoms with Crippen molar-refractivity contribution in [2.24, 2.45) is 0 Å². The number of rotatable bonds is 5. The van der Waals surface area contributed by atoms with Crippen molar-refractivity contribution in [3.63, 3.8) is 0 Å². The third kappa shape index (κ3) is 4.63. The average molecular weight is 318 g/mol. The number of amides is 1. The van der Waals surface area contributed by atoms with Crippen LogP contribution in [0.5, 0.6) is 0 Å². The van der Waals surface area contributed by atoms with Crippen LogP contribution in [0.4, 0.5) is 5.95 Å². The second-order valence-electron chi connectivity index (χ2n) is 4.95. The molecule has 0 aliphatic rings. The highest BCUT2D eigenvalue weighted by Gasteiger charge is 2.11. The summed E-state index contributed by atoms with van der Waals surface area (Å²) >= 11 is 5.77. The lowest BCUT2D eigenvalue weighted by Gasteiger charge is -2.05. The molecular weight excluding hydrogens is 302 g/mol. The van der Waals surface area contributed by atoms with Crippen LogP contribution in [-0.4, -0.2) is 21.7 Å². The summed E-state index contributed by atoms with van der Waals surface area (Å²) in [5.41, 5.74) is 2.10. The Bertz CT molecular complexity index is 679. The molecule has 0 saturated carbocycles. The average Bonchev–Trinajstić information content (AvgIpc) is 2.44. The Morgan fingerprint density at radius 1 is 1.05 bits per heavy atom. The minimum absolute atomic E-state index is 0.0812. The third-order valence-electron chi connectivity index (χ3n) is 2.98. The van der Waals surface area contributed by atoms with E-state index >= 15 is 0 Å². The first kappa shape index (κ1) is 16.1. The van der Waals surface area contributed by atoms with Gasteiger partial charge in [-0.2, -0.15) is 0 Å². The highest BCUT2D eigenvalue weighted by molar-refractivity contribution is 6.30. The molecule has 0 saturated heterocycles. The maximum atomic E-state index is 12.0. The van der Waals surface area contributed by atoms with E-state index in [2.05, 4.69) is 15.3 Å². The van der Waals surface area contributed by atoms with E-state index < -0.39 is 0 Å². The number of Topliss-reactive ketones (excluding diaryl/α,β-unsaturated/α-hetero) is 1. The Hall–Kier alpha value is -2.27. The van der Waals surface area contributed by atoms with Gasteiger partial charge in [-0.05, 0) is 44.2 Å². The zero-order chi connectivity index (χ0) is 16.1. The third-order valence-corrected chi connectivity index (χ3v) is 3.23. The number of aromatic nitrogens is 2. The second kappa shape index (κ2) is 7.13. The van der Waals surface area contributed by atoms with Crippen LogP contribution in [0.2, 0.25) is 5.02 Å². The van der Waals surface area contributed by atoms with Gasteiger partial charge in [-0.1, -0.05) is 11.6 Å². The molecule has 2 rings (SSSR count). The molecule has 1 N–H and O–H groups in total. The smallest absolute Gasteiger partial charge is 0.229 e. The molecule has 22 heavy (non-hydrogen) atoms. The maximum absolute atomic E-state index is 12.0. The monoisotopic (exact) mass is 317 g/mol. The molecule has 0 fully saturated rings. The molecule has 0 aliphatic carbocycles. The largest absolute Gasteiger partial charge is 0.295 e. The Balaban J connectivity index is 1.89. The number of aryl methyl sites for hydroxylation is 2. The molecule has 0 unspecified atom stereocenters. The molecule has 1 aromatic heterocycles. The molecule has 1 heterocycles. The van der Waals surface area contributed by atoms with Gasteiger partial charge in [-0.25, -0.2) is 9.97 Å². The number of ketones is 1. The Kier molecular flexibility index (Phi) is 5.22. The van der Waals surface area contributed by atoms with Gasteiger partial charge in [0.1, 0.15) is 0 Å². The molecule has 0 atom stereocenters. The fourth-order valence-electron chi connectivity index (χ4n) is 1.98. The van der Waals surface area contributed by atoms with E-state index in [1.807, 2.05) is 19.9 Å². The van der Waals surface area contributed by atoms with Crippen LogP contribution in [0.1, 0.15) is 34.6 Å². The van der Waals surface area contributed by atoms with Gasteiger partial charge >= 0.3 is 0 Å². The van der Waals surface area contributed by atoms with Crippen molar-refractivity contribution >= 4 is 29.2 Å². The normalized spacial score (nSPS) is 10.3. The number of nitrogens with one attached hydrogen (secondary N) is 1. The van der Waals surface area contributed by atoms with Crippen molar-refractivity contribution in [2.45, 2.75) is 26.7 Å². The highest BCUT2D eigenvalue weighted by Crippen LogP contribution is 2.12. The van der Waals surface area contributed by atoms with Crippen molar-refractivity contribution < 1.29 is 9.59 Å². The van der Waals surface area contributed by atoms with Gasteiger partial charge in [0.15, 0.2) is 5.78 Å². The van der Waals surface area contributed by atoms with Crippen LogP contribution in [-0.2, 0) is 4.79 Å². The summed E-state index contributed by atoms with van der Waals surface area (Å²) in [5.74, 6) is -0.123. The summed E-state index contributed by atoms with van der Waals surface area (Å²) in [4.78, 5) is 32.1. The van der Waals surface area contributed by atoms with Gasteiger partial charge < -0.3 is 0 Å². The van der Waals surface area contributed by atoms with E-state index in [0.717, 1.165) is 11.4 Å². The zero-order valence-corrected chi connectivity index (χ0v) is 13.1. The highest BCUT2D eigenvalue weighted by atomic mass is 35.5.